The number of rotatable bonds is 3. The first-order chi connectivity index (χ1) is 14.0. The van der Waals surface area contributed by atoms with Gasteiger partial charge in [-0.3, -0.25) is 14.5 Å². The Morgan fingerprint density at radius 3 is 2.69 bits per heavy atom. The molecule has 0 atom stereocenters. The maximum Gasteiger partial charge on any atom is 0.256 e. The van der Waals surface area contributed by atoms with E-state index in [0.29, 0.717) is 13.1 Å². The summed E-state index contributed by atoms with van der Waals surface area (Å²) >= 11 is 0. The minimum atomic E-state index is 0.0622. The smallest absolute Gasteiger partial charge is 0.256 e. The van der Waals surface area contributed by atoms with Gasteiger partial charge in [0.15, 0.2) is 0 Å². The van der Waals surface area contributed by atoms with Gasteiger partial charge in [-0.05, 0) is 53.8 Å². The molecular formula is C24H22N4O. The monoisotopic (exact) mass is 382 g/mol. The lowest BCUT2D eigenvalue weighted by atomic mass is 9.96. The van der Waals surface area contributed by atoms with Crippen LogP contribution in [0.25, 0.3) is 22.0 Å². The van der Waals surface area contributed by atoms with Crippen LogP contribution in [0.15, 0.2) is 54.9 Å². The van der Waals surface area contributed by atoms with Gasteiger partial charge in [0.2, 0.25) is 0 Å². The minimum Gasteiger partial charge on any atom is -0.328 e. The fourth-order valence-corrected chi connectivity index (χ4v) is 4.16. The Morgan fingerprint density at radius 1 is 1.03 bits per heavy atom. The number of hydrogen-bond donors (Lipinski definition) is 0. The molecule has 0 fully saturated rings. The molecule has 0 spiro atoms. The molecule has 0 N–H and O–H groups in total. The van der Waals surface area contributed by atoms with E-state index < -0.39 is 0 Å². The average Bonchev–Trinajstić information content (AvgIpc) is 3.25. The number of carbonyl (C=O) groups is 1. The van der Waals surface area contributed by atoms with Gasteiger partial charge in [0.25, 0.3) is 5.91 Å². The maximum atomic E-state index is 12.7. The summed E-state index contributed by atoms with van der Waals surface area (Å²) in [6.07, 6.45) is 3.82. The average molecular weight is 382 g/mol. The normalized spacial score (nSPS) is 13.3. The van der Waals surface area contributed by atoms with Crippen LogP contribution in [0.4, 0.5) is 0 Å². The van der Waals surface area contributed by atoms with E-state index in [1.165, 1.54) is 22.3 Å². The molecule has 2 aromatic heterocycles. The number of benzene rings is 2. The van der Waals surface area contributed by atoms with Gasteiger partial charge in [0.05, 0.1) is 23.3 Å². The van der Waals surface area contributed by atoms with Crippen LogP contribution in [0, 0.1) is 13.8 Å². The second kappa shape index (κ2) is 6.55. The van der Waals surface area contributed by atoms with Crippen LogP contribution in [0.1, 0.15) is 32.7 Å². The first-order valence-electron chi connectivity index (χ1n) is 9.77. The standard InChI is InChI=1S/C24H22N4O/c1-15-6-9-19(21-13-27(3)26-23(15)21)17-7-8-18(16(2)11-17)12-28-14-22-20(24(28)29)5-4-10-25-22/h4-11,13H,12,14H2,1-3H3. The van der Waals surface area contributed by atoms with Crippen LogP contribution in [0.5, 0.6) is 0 Å². The molecule has 0 aliphatic carbocycles. The van der Waals surface area contributed by atoms with E-state index >= 15 is 0 Å². The largest absolute Gasteiger partial charge is 0.328 e. The molecule has 3 heterocycles. The molecule has 1 aliphatic heterocycles. The summed E-state index contributed by atoms with van der Waals surface area (Å²) in [7, 11) is 1.96. The van der Waals surface area contributed by atoms with Gasteiger partial charge in [-0.15, -0.1) is 0 Å². The number of fused-ring (bicyclic) bond motifs is 2. The van der Waals surface area contributed by atoms with E-state index in [4.69, 9.17) is 0 Å². The molecule has 29 heavy (non-hydrogen) atoms. The summed E-state index contributed by atoms with van der Waals surface area (Å²) in [4.78, 5) is 18.9. The van der Waals surface area contributed by atoms with E-state index in [2.05, 4.69) is 60.5 Å². The molecule has 5 rings (SSSR count). The minimum absolute atomic E-state index is 0.0622. The summed E-state index contributed by atoms with van der Waals surface area (Å²) < 4.78 is 1.87. The third kappa shape index (κ3) is 2.90. The molecule has 5 heteroatoms. The number of hydrogen-bond acceptors (Lipinski definition) is 3. The van der Waals surface area contributed by atoms with E-state index in [1.807, 2.05) is 28.8 Å². The van der Waals surface area contributed by atoms with Crippen molar-refractivity contribution in [2.24, 2.45) is 7.05 Å². The highest BCUT2D eigenvalue weighted by molar-refractivity contribution is 5.98. The topological polar surface area (TPSA) is 51.0 Å². The molecular weight excluding hydrogens is 360 g/mol. The highest BCUT2D eigenvalue weighted by Gasteiger charge is 2.28. The fraction of sp³-hybridized carbons (Fsp3) is 0.208. The molecule has 0 radical (unpaired) electrons. The molecule has 0 unspecified atom stereocenters. The van der Waals surface area contributed by atoms with Crippen LogP contribution in [-0.4, -0.2) is 25.6 Å². The number of pyridine rings is 1. The zero-order chi connectivity index (χ0) is 20.1. The third-order valence-electron chi connectivity index (χ3n) is 5.76. The zero-order valence-corrected chi connectivity index (χ0v) is 16.8. The van der Waals surface area contributed by atoms with Gasteiger partial charge in [0.1, 0.15) is 0 Å². The molecule has 5 nitrogen and oxygen atoms in total. The Bertz CT molecular complexity index is 1270. The third-order valence-corrected chi connectivity index (χ3v) is 5.76. The molecule has 2 aromatic carbocycles. The van der Waals surface area contributed by atoms with E-state index in [-0.39, 0.29) is 5.91 Å². The number of amides is 1. The lowest BCUT2D eigenvalue weighted by Gasteiger charge is -2.18. The van der Waals surface area contributed by atoms with Crippen molar-refractivity contribution >= 4 is 16.8 Å². The number of aromatic nitrogens is 3. The van der Waals surface area contributed by atoms with Gasteiger partial charge in [-0.25, -0.2) is 0 Å². The summed E-state index contributed by atoms with van der Waals surface area (Å²) in [6.45, 7) is 5.37. The van der Waals surface area contributed by atoms with Crippen molar-refractivity contribution in [2.75, 3.05) is 0 Å². The van der Waals surface area contributed by atoms with Crippen molar-refractivity contribution in [3.05, 3.63) is 82.8 Å². The molecule has 1 amide bonds. The maximum absolute atomic E-state index is 12.7. The molecule has 1 aliphatic rings. The summed E-state index contributed by atoms with van der Waals surface area (Å²) in [5.74, 6) is 0.0622. The highest BCUT2D eigenvalue weighted by Crippen LogP contribution is 2.32. The van der Waals surface area contributed by atoms with Crippen LogP contribution in [0.2, 0.25) is 0 Å². The lowest BCUT2D eigenvalue weighted by molar-refractivity contribution is 0.0766. The van der Waals surface area contributed by atoms with Gasteiger partial charge in [-0.2, -0.15) is 5.10 Å². The zero-order valence-electron chi connectivity index (χ0n) is 16.8. The molecule has 0 bridgehead atoms. The predicted molar refractivity (Wildman–Crippen MR) is 113 cm³/mol. The van der Waals surface area contributed by atoms with Crippen molar-refractivity contribution in [3.63, 3.8) is 0 Å². The molecule has 0 saturated heterocycles. The Hall–Kier alpha value is -3.47. The van der Waals surface area contributed by atoms with Crippen molar-refractivity contribution in [1.82, 2.24) is 19.7 Å². The van der Waals surface area contributed by atoms with E-state index in [1.54, 1.807) is 6.20 Å². The summed E-state index contributed by atoms with van der Waals surface area (Å²) in [5.41, 5.74) is 8.49. The van der Waals surface area contributed by atoms with Crippen molar-refractivity contribution in [3.8, 4) is 11.1 Å². The Labute approximate surface area is 169 Å². The van der Waals surface area contributed by atoms with E-state index in [9.17, 15) is 4.79 Å². The van der Waals surface area contributed by atoms with Gasteiger partial charge < -0.3 is 4.90 Å². The number of aryl methyl sites for hydroxylation is 3. The van der Waals surface area contributed by atoms with Gasteiger partial charge in [0, 0.05) is 31.4 Å². The lowest BCUT2D eigenvalue weighted by Crippen LogP contribution is -2.23. The Balaban J connectivity index is 1.46. The first kappa shape index (κ1) is 17.6. The SMILES string of the molecule is Cc1cc(-c2ccc(C)c3nn(C)cc23)ccc1CN1Cc2ncccc2C1=O. The number of nitrogens with zero attached hydrogens (tertiary/aromatic N) is 4. The molecule has 4 aromatic rings. The van der Waals surface area contributed by atoms with Crippen LogP contribution >= 0.6 is 0 Å². The number of carbonyl (C=O) groups excluding carboxylic acids is 1. The highest BCUT2D eigenvalue weighted by atomic mass is 16.2. The predicted octanol–water partition coefficient (Wildman–Crippen LogP) is 4.41. The van der Waals surface area contributed by atoms with Crippen molar-refractivity contribution in [1.29, 1.82) is 0 Å². The van der Waals surface area contributed by atoms with Crippen molar-refractivity contribution < 1.29 is 4.79 Å². The van der Waals surface area contributed by atoms with E-state index in [0.717, 1.165) is 27.7 Å². The molecule has 0 saturated carbocycles. The fourth-order valence-electron chi connectivity index (χ4n) is 4.16. The second-order valence-electron chi connectivity index (χ2n) is 7.80. The van der Waals surface area contributed by atoms with Gasteiger partial charge in [-0.1, -0.05) is 30.3 Å². The van der Waals surface area contributed by atoms with Crippen LogP contribution in [0.3, 0.4) is 0 Å². The Morgan fingerprint density at radius 2 is 1.90 bits per heavy atom. The van der Waals surface area contributed by atoms with Crippen LogP contribution in [-0.2, 0) is 20.1 Å². The summed E-state index contributed by atoms with van der Waals surface area (Å²) in [5, 5.41) is 5.76. The quantitative estimate of drug-likeness (QED) is 0.527. The first-order valence-corrected chi connectivity index (χ1v) is 9.77. The second-order valence-corrected chi connectivity index (χ2v) is 7.80. The Kier molecular flexibility index (Phi) is 3.98. The molecule has 144 valence electrons. The van der Waals surface area contributed by atoms with Crippen LogP contribution < -0.4 is 0 Å². The van der Waals surface area contributed by atoms with Gasteiger partial charge >= 0.3 is 0 Å². The summed E-state index contributed by atoms with van der Waals surface area (Å²) in [6, 6.07) is 14.5. The van der Waals surface area contributed by atoms with Crippen molar-refractivity contribution in [2.45, 2.75) is 26.9 Å².